The summed E-state index contributed by atoms with van der Waals surface area (Å²) in [6.45, 7) is 0. The van der Waals surface area contributed by atoms with E-state index in [1.165, 1.54) is 51.5 Å². The van der Waals surface area contributed by atoms with Gasteiger partial charge in [0.25, 0.3) is 0 Å². The SMILES string of the molecule is c1ccc(-c2cc(-c3cc(-c4cccc5c4sc4ccccc45)cc(-c4cccc5c4sc4ccccc45)c3)nc(-c3ccc(-c4ccnc5ccccc45)cc3)n2)cc1. The first-order valence-electron chi connectivity index (χ1n) is 20.1. The summed E-state index contributed by atoms with van der Waals surface area (Å²) < 4.78 is 5.17. The first-order chi connectivity index (χ1) is 29.7. The molecule has 0 aliphatic carbocycles. The molecule has 0 aliphatic heterocycles. The second-order valence-electron chi connectivity index (χ2n) is 15.1. The van der Waals surface area contributed by atoms with E-state index in [1.54, 1.807) is 0 Å². The molecule has 60 heavy (non-hydrogen) atoms. The van der Waals surface area contributed by atoms with Crippen LogP contribution in [0.3, 0.4) is 0 Å². The third-order valence-corrected chi connectivity index (χ3v) is 14.0. The van der Waals surface area contributed by atoms with Gasteiger partial charge in [0, 0.05) is 68.6 Å². The highest BCUT2D eigenvalue weighted by atomic mass is 32.1. The Labute approximate surface area is 354 Å². The average Bonchev–Trinajstić information content (AvgIpc) is 3.90. The summed E-state index contributed by atoms with van der Waals surface area (Å²) in [4.78, 5) is 15.2. The van der Waals surface area contributed by atoms with Gasteiger partial charge in [0.2, 0.25) is 0 Å². The predicted molar refractivity (Wildman–Crippen MR) is 256 cm³/mol. The number of fused-ring (bicyclic) bond motifs is 7. The molecule has 0 aliphatic rings. The van der Waals surface area contributed by atoms with Crippen molar-refractivity contribution in [3.8, 4) is 67.3 Å². The molecule has 0 unspecified atom stereocenters. The normalized spacial score (nSPS) is 11.7. The molecule has 0 fully saturated rings. The number of pyridine rings is 1. The maximum absolute atomic E-state index is 5.40. The molecule has 0 atom stereocenters. The number of nitrogens with zero attached hydrogens (tertiary/aromatic N) is 3. The van der Waals surface area contributed by atoms with E-state index in [1.807, 2.05) is 41.0 Å². The van der Waals surface area contributed by atoms with Gasteiger partial charge in [0.05, 0.1) is 16.9 Å². The number of benzene rings is 8. The summed E-state index contributed by atoms with van der Waals surface area (Å²) >= 11 is 3.73. The standard InChI is InChI=1S/C55H33N3S2/c1-2-12-35(13-3-1)49-33-50(58-55(57-49)36-26-24-34(25-27-36)40-28-29-56-48-21-7-4-14-43(40)48)39-31-37(41-17-10-19-46-44-15-5-8-22-51(44)59-53(41)46)30-38(32-39)42-18-11-20-47-45-16-6-9-23-52(45)60-54(42)47/h1-33H. The number of hydrogen-bond donors (Lipinski definition) is 0. The third-order valence-electron chi connectivity index (χ3n) is 11.6. The number of aromatic nitrogens is 3. The fourth-order valence-electron chi connectivity index (χ4n) is 8.66. The van der Waals surface area contributed by atoms with Crippen molar-refractivity contribution in [2.45, 2.75) is 0 Å². The monoisotopic (exact) mass is 799 g/mol. The summed E-state index contributed by atoms with van der Waals surface area (Å²) in [6.07, 6.45) is 1.88. The van der Waals surface area contributed by atoms with Crippen LogP contribution in [0.2, 0.25) is 0 Å². The number of thiophene rings is 2. The van der Waals surface area contributed by atoms with Crippen molar-refractivity contribution in [2.75, 3.05) is 0 Å². The Morgan fingerprint density at radius 2 is 0.833 bits per heavy atom. The lowest BCUT2D eigenvalue weighted by Gasteiger charge is -2.14. The largest absolute Gasteiger partial charge is 0.256 e. The molecule has 0 saturated heterocycles. The van der Waals surface area contributed by atoms with Crippen molar-refractivity contribution >= 4 is 73.9 Å². The summed E-state index contributed by atoms with van der Waals surface area (Å²) in [5, 5.41) is 6.28. The molecule has 0 radical (unpaired) electrons. The van der Waals surface area contributed by atoms with Crippen LogP contribution in [0.25, 0.3) is 119 Å². The summed E-state index contributed by atoms with van der Waals surface area (Å²) in [5.74, 6) is 0.683. The van der Waals surface area contributed by atoms with E-state index in [2.05, 4.69) is 187 Å². The lowest BCUT2D eigenvalue weighted by molar-refractivity contribution is 1.18. The lowest BCUT2D eigenvalue weighted by atomic mass is 9.93. The van der Waals surface area contributed by atoms with Crippen molar-refractivity contribution in [1.82, 2.24) is 15.0 Å². The molecule has 280 valence electrons. The number of rotatable bonds is 6. The quantitative estimate of drug-likeness (QED) is 0.168. The van der Waals surface area contributed by atoms with Crippen LogP contribution >= 0.6 is 22.7 Å². The zero-order valence-corrected chi connectivity index (χ0v) is 33.8. The van der Waals surface area contributed by atoms with E-state index in [-0.39, 0.29) is 0 Å². The zero-order valence-electron chi connectivity index (χ0n) is 32.2. The van der Waals surface area contributed by atoms with Gasteiger partial charge in [-0.25, -0.2) is 9.97 Å². The van der Waals surface area contributed by atoms with Crippen molar-refractivity contribution in [1.29, 1.82) is 0 Å². The van der Waals surface area contributed by atoms with Crippen molar-refractivity contribution in [2.24, 2.45) is 0 Å². The Balaban J connectivity index is 1.07. The first-order valence-corrected chi connectivity index (χ1v) is 21.7. The highest BCUT2D eigenvalue weighted by molar-refractivity contribution is 7.26. The van der Waals surface area contributed by atoms with Crippen LogP contribution in [-0.2, 0) is 0 Å². The van der Waals surface area contributed by atoms with Gasteiger partial charge in [-0.1, -0.05) is 146 Å². The van der Waals surface area contributed by atoms with Gasteiger partial charge in [-0.2, -0.15) is 0 Å². The van der Waals surface area contributed by atoms with Crippen LogP contribution in [0.1, 0.15) is 0 Å². The van der Waals surface area contributed by atoms with E-state index in [0.29, 0.717) is 5.82 Å². The molecule has 4 aromatic heterocycles. The van der Waals surface area contributed by atoms with Gasteiger partial charge >= 0.3 is 0 Å². The second-order valence-corrected chi connectivity index (χ2v) is 17.2. The van der Waals surface area contributed by atoms with E-state index in [4.69, 9.17) is 9.97 Å². The molecule has 12 rings (SSSR count). The molecule has 3 nitrogen and oxygen atoms in total. The topological polar surface area (TPSA) is 38.7 Å². The van der Waals surface area contributed by atoms with Crippen LogP contribution < -0.4 is 0 Å². The van der Waals surface area contributed by atoms with E-state index in [0.717, 1.165) is 61.2 Å². The van der Waals surface area contributed by atoms with Gasteiger partial charge in [0.1, 0.15) is 0 Å². The van der Waals surface area contributed by atoms with E-state index >= 15 is 0 Å². The zero-order chi connectivity index (χ0) is 39.6. The first kappa shape index (κ1) is 34.7. The van der Waals surface area contributed by atoms with Crippen LogP contribution in [-0.4, -0.2) is 15.0 Å². The summed E-state index contributed by atoms with van der Waals surface area (Å²) in [6, 6.07) is 69.6. The van der Waals surface area contributed by atoms with Crippen molar-refractivity contribution in [3.05, 3.63) is 200 Å². The Morgan fingerprint density at radius 3 is 1.48 bits per heavy atom. The Morgan fingerprint density at radius 1 is 0.317 bits per heavy atom. The molecular formula is C55H33N3S2. The molecule has 0 saturated carbocycles. The van der Waals surface area contributed by atoms with E-state index < -0.39 is 0 Å². The molecule has 4 heterocycles. The minimum Gasteiger partial charge on any atom is -0.256 e. The van der Waals surface area contributed by atoms with Gasteiger partial charge in [0.15, 0.2) is 5.82 Å². The van der Waals surface area contributed by atoms with Gasteiger partial charge in [-0.15, -0.1) is 22.7 Å². The summed E-state index contributed by atoms with van der Waals surface area (Å²) in [7, 11) is 0. The fourth-order valence-corrected chi connectivity index (χ4v) is 11.1. The van der Waals surface area contributed by atoms with Crippen LogP contribution in [0.15, 0.2) is 200 Å². The third kappa shape index (κ3) is 5.90. The van der Waals surface area contributed by atoms with Crippen molar-refractivity contribution in [3.63, 3.8) is 0 Å². The molecule has 12 aromatic rings. The Hall–Kier alpha value is -7.31. The second kappa shape index (κ2) is 14.2. The molecular weight excluding hydrogens is 767 g/mol. The highest BCUT2D eigenvalue weighted by Crippen LogP contribution is 2.45. The smallest absolute Gasteiger partial charge is 0.160 e. The molecule has 0 bridgehead atoms. The average molecular weight is 800 g/mol. The van der Waals surface area contributed by atoms with E-state index in [9.17, 15) is 0 Å². The lowest BCUT2D eigenvalue weighted by Crippen LogP contribution is -1.97. The van der Waals surface area contributed by atoms with Crippen LogP contribution in [0.4, 0.5) is 0 Å². The summed E-state index contributed by atoms with van der Waals surface area (Å²) in [5.41, 5.74) is 12.8. The predicted octanol–water partition coefficient (Wildman–Crippen LogP) is 15.8. The number of hydrogen-bond acceptors (Lipinski definition) is 5. The minimum absolute atomic E-state index is 0.683. The van der Waals surface area contributed by atoms with Gasteiger partial charge in [-0.05, 0) is 81.9 Å². The maximum Gasteiger partial charge on any atom is 0.160 e. The Kier molecular flexibility index (Phi) is 8.22. The maximum atomic E-state index is 5.40. The van der Waals surface area contributed by atoms with Crippen LogP contribution in [0.5, 0.6) is 0 Å². The molecule has 0 spiro atoms. The van der Waals surface area contributed by atoms with Crippen molar-refractivity contribution < 1.29 is 0 Å². The van der Waals surface area contributed by atoms with Crippen LogP contribution in [0, 0.1) is 0 Å². The molecule has 0 N–H and O–H groups in total. The Bertz CT molecular complexity index is 3470. The fraction of sp³-hybridized carbons (Fsp3) is 0. The van der Waals surface area contributed by atoms with Gasteiger partial charge in [-0.3, -0.25) is 4.98 Å². The number of para-hydroxylation sites is 1. The minimum atomic E-state index is 0.683. The molecule has 8 aromatic carbocycles. The molecule has 0 amide bonds. The van der Waals surface area contributed by atoms with Gasteiger partial charge < -0.3 is 0 Å². The highest BCUT2D eigenvalue weighted by Gasteiger charge is 2.18. The molecule has 5 heteroatoms.